The maximum Gasteiger partial charge on any atom is 0.259 e. The molecular formula is C19H15N3O4. The molecule has 130 valence electrons. The minimum Gasteiger partial charge on any atom is -0.326 e. The molecule has 1 aliphatic carbocycles. The highest BCUT2D eigenvalue weighted by Gasteiger charge is 2.29. The molecule has 0 unspecified atom stereocenters. The van der Waals surface area contributed by atoms with Crippen LogP contribution in [0.2, 0.25) is 0 Å². The largest absolute Gasteiger partial charge is 0.326 e. The molecule has 0 spiro atoms. The summed E-state index contributed by atoms with van der Waals surface area (Å²) in [5.41, 5.74) is 2.01. The lowest BCUT2D eigenvalue weighted by Gasteiger charge is -2.08. The van der Waals surface area contributed by atoms with Crippen LogP contribution in [0.3, 0.4) is 0 Å². The Balaban J connectivity index is 1.45. The van der Waals surface area contributed by atoms with Crippen LogP contribution in [0, 0.1) is 5.92 Å². The maximum absolute atomic E-state index is 12.3. The van der Waals surface area contributed by atoms with Gasteiger partial charge in [0.2, 0.25) is 5.91 Å². The molecule has 7 nitrogen and oxygen atoms in total. The van der Waals surface area contributed by atoms with Crippen LogP contribution in [0.1, 0.15) is 43.9 Å². The highest BCUT2D eigenvalue weighted by atomic mass is 16.2. The van der Waals surface area contributed by atoms with Crippen molar-refractivity contribution >= 4 is 35.0 Å². The van der Waals surface area contributed by atoms with Crippen LogP contribution in [-0.4, -0.2) is 23.6 Å². The van der Waals surface area contributed by atoms with E-state index < -0.39 is 11.8 Å². The minimum atomic E-state index is -0.475. The number of benzene rings is 2. The Morgan fingerprint density at radius 3 is 2.19 bits per heavy atom. The van der Waals surface area contributed by atoms with Crippen molar-refractivity contribution in [2.45, 2.75) is 12.8 Å². The van der Waals surface area contributed by atoms with Gasteiger partial charge in [0.15, 0.2) is 0 Å². The summed E-state index contributed by atoms with van der Waals surface area (Å²) in [6.45, 7) is 0. The van der Waals surface area contributed by atoms with Gasteiger partial charge in [-0.3, -0.25) is 24.5 Å². The third-order valence-electron chi connectivity index (χ3n) is 4.36. The molecule has 2 aromatic carbocycles. The van der Waals surface area contributed by atoms with Crippen molar-refractivity contribution in [3.63, 3.8) is 0 Å². The lowest BCUT2D eigenvalue weighted by Crippen LogP contribution is -2.19. The molecule has 0 saturated heterocycles. The van der Waals surface area contributed by atoms with Gasteiger partial charge in [0.1, 0.15) is 0 Å². The molecule has 2 aromatic rings. The summed E-state index contributed by atoms with van der Waals surface area (Å²) in [7, 11) is 0. The van der Waals surface area contributed by atoms with Gasteiger partial charge in [-0.2, -0.15) is 0 Å². The third kappa shape index (κ3) is 3.06. The Morgan fingerprint density at radius 2 is 1.50 bits per heavy atom. The average molecular weight is 349 g/mol. The molecule has 1 aliphatic heterocycles. The zero-order valence-corrected chi connectivity index (χ0v) is 13.7. The molecule has 1 fully saturated rings. The van der Waals surface area contributed by atoms with Gasteiger partial charge in [-0.1, -0.05) is 0 Å². The number of carbonyl (C=O) groups excluding carboxylic acids is 4. The van der Waals surface area contributed by atoms with E-state index in [1.165, 1.54) is 12.1 Å². The van der Waals surface area contributed by atoms with Gasteiger partial charge in [0.25, 0.3) is 17.7 Å². The fourth-order valence-corrected chi connectivity index (χ4v) is 2.74. The average Bonchev–Trinajstić information content (AvgIpc) is 3.43. The molecule has 0 aromatic heterocycles. The molecule has 0 atom stereocenters. The van der Waals surface area contributed by atoms with E-state index >= 15 is 0 Å². The number of hydrogen-bond acceptors (Lipinski definition) is 4. The fourth-order valence-electron chi connectivity index (χ4n) is 2.74. The molecule has 1 saturated carbocycles. The molecule has 4 amide bonds. The molecule has 7 heteroatoms. The molecule has 0 radical (unpaired) electrons. The van der Waals surface area contributed by atoms with E-state index in [0.29, 0.717) is 22.5 Å². The number of hydrogen-bond donors (Lipinski definition) is 3. The number of rotatable bonds is 4. The second-order valence-corrected chi connectivity index (χ2v) is 6.34. The van der Waals surface area contributed by atoms with E-state index in [9.17, 15) is 19.2 Å². The summed E-state index contributed by atoms with van der Waals surface area (Å²) >= 11 is 0. The number of amides is 4. The van der Waals surface area contributed by atoms with E-state index in [0.717, 1.165) is 12.8 Å². The molecule has 0 bridgehead atoms. The SMILES string of the molecule is O=C(Nc1ccc2c(c1)C(=O)NC2=O)c1ccc(NC(=O)C2CC2)cc1. The Kier molecular flexibility index (Phi) is 3.76. The predicted octanol–water partition coefficient (Wildman–Crippen LogP) is 2.17. The summed E-state index contributed by atoms with van der Waals surface area (Å²) in [6.07, 6.45) is 1.85. The lowest BCUT2D eigenvalue weighted by molar-refractivity contribution is -0.117. The maximum atomic E-state index is 12.3. The second-order valence-electron chi connectivity index (χ2n) is 6.34. The molecular weight excluding hydrogens is 334 g/mol. The van der Waals surface area contributed by atoms with Crippen molar-refractivity contribution in [2.75, 3.05) is 10.6 Å². The molecule has 4 rings (SSSR count). The van der Waals surface area contributed by atoms with Crippen molar-refractivity contribution < 1.29 is 19.2 Å². The molecule has 3 N–H and O–H groups in total. The van der Waals surface area contributed by atoms with Crippen LogP contribution < -0.4 is 16.0 Å². The van der Waals surface area contributed by atoms with Gasteiger partial charge >= 0.3 is 0 Å². The van der Waals surface area contributed by atoms with Gasteiger partial charge in [-0.05, 0) is 55.3 Å². The van der Waals surface area contributed by atoms with Crippen molar-refractivity contribution in [3.05, 3.63) is 59.2 Å². The zero-order valence-electron chi connectivity index (χ0n) is 13.7. The quantitative estimate of drug-likeness (QED) is 0.736. The van der Waals surface area contributed by atoms with Crippen LogP contribution in [0.15, 0.2) is 42.5 Å². The first-order valence-corrected chi connectivity index (χ1v) is 8.23. The minimum absolute atomic E-state index is 0.00756. The Labute approximate surface area is 148 Å². The third-order valence-corrected chi connectivity index (χ3v) is 4.36. The zero-order chi connectivity index (χ0) is 18.3. The summed E-state index contributed by atoms with van der Waals surface area (Å²) in [4.78, 5) is 47.3. The number of nitrogens with one attached hydrogen (secondary N) is 3. The van der Waals surface area contributed by atoms with Crippen molar-refractivity contribution in [2.24, 2.45) is 5.92 Å². The lowest BCUT2D eigenvalue weighted by atomic mass is 10.1. The molecule has 2 aliphatic rings. The van der Waals surface area contributed by atoms with Gasteiger partial charge in [-0.15, -0.1) is 0 Å². The number of anilines is 2. The van der Waals surface area contributed by atoms with Crippen LogP contribution in [0.25, 0.3) is 0 Å². The van der Waals surface area contributed by atoms with Crippen LogP contribution in [0.5, 0.6) is 0 Å². The second kappa shape index (κ2) is 6.11. The molecule has 26 heavy (non-hydrogen) atoms. The van der Waals surface area contributed by atoms with Crippen molar-refractivity contribution in [1.82, 2.24) is 5.32 Å². The number of imide groups is 1. The van der Waals surface area contributed by atoms with E-state index in [1.807, 2.05) is 0 Å². The fraction of sp³-hybridized carbons (Fsp3) is 0.158. The van der Waals surface area contributed by atoms with Crippen LogP contribution in [0.4, 0.5) is 11.4 Å². The van der Waals surface area contributed by atoms with Gasteiger partial charge in [-0.25, -0.2) is 0 Å². The summed E-state index contributed by atoms with van der Waals surface area (Å²) in [6, 6.07) is 11.1. The van der Waals surface area contributed by atoms with Gasteiger partial charge in [0, 0.05) is 22.9 Å². The van der Waals surface area contributed by atoms with Gasteiger partial charge in [0.05, 0.1) is 11.1 Å². The first kappa shape index (κ1) is 16.0. The van der Waals surface area contributed by atoms with E-state index in [4.69, 9.17) is 0 Å². The van der Waals surface area contributed by atoms with Crippen LogP contribution in [-0.2, 0) is 4.79 Å². The van der Waals surface area contributed by atoms with Crippen LogP contribution >= 0.6 is 0 Å². The highest BCUT2D eigenvalue weighted by molar-refractivity contribution is 6.22. The van der Waals surface area contributed by atoms with E-state index in [2.05, 4.69) is 16.0 Å². The number of fused-ring (bicyclic) bond motifs is 1. The normalized spacial score (nSPS) is 15.2. The van der Waals surface area contributed by atoms with E-state index in [-0.39, 0.29) is 23.3 Å². The molecule has 1 heterocycles. The summed E-state index contributed by atoms with van der Waals surface area (Å²) < 4.78 is 0. The van der Waals surface area contributed by atoms with Crippen molar-refractivity contribution in [1.29, 1.82) is 0 Å². The first-order chi connectivity index (χ1) is 12.5. The number of carbonyl (C=O) groups is 4. The summed E-state index contributed by atoms with van der Waals surface area (Å²) in [5, 5.41) is 7.71. The van der Waals surface area contributed by atoms with Crippen molar-refractivity contribution in [3.8, 4) is 0 Å². The monoisotopic (exact) mass is 349 g/mol. The topological polar surface area (TPSA) is 104 Å². The van der Waals surface area contributed by atoms with Gasteiger partial charge < -0.3 is 10.6 Å². The summed E-state index contributed by atoms with van der Waals surface area (Å²) in [5.74, 6) is -1.15. The first-order valence-electron chi connectivity index (χ1n) is 8.23. The highest BCUT2D eigenvalue weighted by Crippen LogP contribution is 2.30. The van der Waals surface area contributed by atoms with E-state index in [1.54, 1.807) is 30.3 Å². The standard InChI is InChI=1S/C19H15N3O4/c23-16(10-1-2-10)20-12-5-3-11(4-6-12)17(24)21-13-7-8-14-15(9-13)19(26)22-18(14)25/h3-10H,1-2H2,(H,20,23)(H,21,24)(H,22,25,26). The Morgan fingerprint density at radius 1 is 0.846 bits per heavy atom. The smallest absolute Gasteiger partial charge is 0.259 e. The Bertz CT molecular complexity index is 946. The Hall–Kier alpha value is -3.48. The predicted molar refractivity (Wildman–Crippen MR) is 94.0 cm³/mol.